The molecule has 0 spiro atoms. The SMILES string of the molecule is CCN(CC)[C@@H](Cc1ccc(O)cc1)C(=O)O. The third-order valence-electron chi connectivity index (χ3n) is 2.90. The molecule has 1 rings (SSSR count). The van der Waals surface area contributed by atoms with Gasteiger partial charge in [-0.25, -0.2) is 0 Å². The molecule has 4 nitrogen and oxygen atoms in total. The predicted molar refractivity (Wildman–Crippen MR) is 66.2 cm³/mol. The molecule has 0 aliphatic heterocycles. The summed E-state index contributed by atoms with van der Waals surface area (Å²) in [6.45, 7) is 5.34. The Morgan fingerprint density at radius 1 is 1.24 bits per heavy atom. The number of carboxylic acid groups (broad SMARTS) is 1. The Morgan fingerprint density at radius 3 is 2.18 bits per heavy atom. The minimum atomic E-state index is -0.804. The van der Waals surface area contributed by atoms with Crippen LogP contribution in [0, 0.1) is 0 Å². The van der Waals surface area contributed by atoms with Gasteiger partial charge in [-0.1, -0.05) is 26.0 Å². The van der Waals surface area contributed by atoms with Gasteiger partial charge in [0.2, 0.25) is 0 Å². The standard InChI is InChI=1S/C13H19NO3/c1-3-14(4-2)12(13(16)17)9-10-5-7-11(15)8-6-10/h5-8,12,15H,3-4,9H2,1-2H3,(H,16,17)/t12-/m0/s1. The fraction of sp³-hybridized carbons (Fsp3) is 0.462. The van der Waals surface area contributed by atoms with Gasteiger partial charge in [-0.15, -0.1) is 0 Å². The lowest BCUT2D eigenvalue weighted by molar-refractivity contribution is -0.143. The molecule has 0 aliphatic rings. The summed E-state index contributed by atoms with van der Waals surface area (Å²) < 4.78 is 0. The van der Waals surface area contributed by atoms with Gasteiger partial charge in [0, 0.05) is 0 Å². The van der Waals surface area contributed by atoms with Gasteiger partial charge in [0.25, 0.3) is 0 Å². The Bertz CT molecular complexity index is 357. The number of aliphatic carboxylic acids is 1. The number of likely N-dealkylation sites (N-methyl/N-ethyl adjacent to an activating group) is 1. The van der Waals surface area contributed by atoms with Gasteiger partial charge in [0.1, 0.15) is 11.8 Å². The van der Waals surface area contributed by atoms with Crippen LogP contribution in [0.4, 0.5) is 0 Å². The molecule has 0 fully saturated rings. The van der Waals surface area contributed by atoms with Crippen LogP contribution in [0.25, 0.3) is 0 Å². The molecule has 0 saturated carbocycles. The molecular weight excluding hydrogens is 218 g/mol. The number of carbonyl (C=O) groups is 1. The normalized spacial score (nSPS) is 12.6. The largest absolute Gasteiger partial charge is 0.508 e. The average Bonchev–Trinajstić information content (AvgIpc) is 2.31. The summed E-state index contributed by atoms with van der Waals surface area (Å²) in [6.07, 6.45) is 0.456. The van der Waals surface area contributed by atoms with E-state index in [0.717, 1.165) is 5.56 Å². The van der Waals surface area contributed by atoms with Crippen molar-refractivity contribution < 1.29 is 15.0 Å². The molecule has 1 aromatic rings. The molecule has 1 atom stereocenters. The second-order valence-corrected chi connectivity index (χ2v) is 3.95. The quantitative estimate of drug-likeness (QED) is 0.791. The van der Waals surface area contributed by atoms with Crippen molar-refractivity contribution in [3.05, 3.63) is 29.8 Å². The lowest BCUT2D eigenvalue weighted by Gasteiger charge is -2.26. The highest BCUT2D eigenvalue weighted by Gasteiger charge is 2.23. The van der Waals surface area contributed by atoms with Crippen molar-refractivity contribution in [2.24, 2.45) is 0 Å². The van der Waals surface area contributed by atoms with E-state index < -0.39 is 12.0 Å². The van der Waals surface area contributed by atoms with Crippen LogP contribution in [0.5, 0.6) is 5.75 Å². The number of aromatic hydroxyl groups is 1. The van der Waals surface area contributed by atoms with E-state index >= 15 is 0 Å². The fourth-order valence-corrected chi connectivity index (χ4v) is 1.89. The van der Waals surface area contributed by atoms with Crippen molar-refractivity contribution in [2.75, 3.05) is 13.1 Å². The second kappa shape index (κ2) is 6.25. The summed E-state index contributed by atoms with van der Waals surface area (Å²) in [5.74, 6) is -0.606. The number of hydrogen-bond acceptors (Lipinski definition) is 3. The Kier molecular flexibility index (Phi) is 4.97. The summed E-state index contributed by atoms with van der Waals surface area (Å²) in [6, 6.07) is 6.17. The summed E-state index contributed by atoms with van der Waals surface area (Å²) >= 11 is 0. The van der Waals surface area contributed by atoms with Gasteiger partial charge in [-0.3, -0.25) is 9.69 Å². The van der Waals surface area contributed by atoms with Crippen LogP contribution < -0.4 is 0 Å². The molecule has 0 bridgehead atoms. The molecule has 0 aromatic heterocycles. The second-order valence-electron chi connectivity index (χ2n) is 3.95. The molecular formula is C13H19NO3. The Hall–Kier alpha value is -1.55. The molecule has 0 aliphatic carbocycles. The van der Waals surface area contributed by atoms with Gasteiger partial charge in [0.15, 0.2) is 0 Å². The van der Waals surface area contributed by atoms with Crippen molar-refractivity contribution in [3.63, 3.8) is 0 Å². The van der Waals surface area contributed by atoms with Crippen LogP contribution in [0.3, 0.4) is 0 Å². The van der Waals surface area contributed by atoms with Crippen LogP contribution in [0.2, 0.25) is 0 Å². The highest BCUT2D eigenvalue weighted by Crippen LogP contribution is 2.13. The zero-order valence-electron chi connectivity index (χ0n) is 10.3. The molecule has 1 aromatic carbocycles. The minimum Gasteiger partial charge on any atom is -0.508 e. The first-order valence-electron chi connectivity index (χ1n) is 5.83. The third kappa shape index (κ3) is 3.75. The van der Waals surface area contributed by atoms with E-state index in [1.54, 1.807) is 24.3 Å². The number of phenolic OH excluding ortho intramolecular Hbond substituents is 1. The minimum absolute atomic E-state index is 0.198. The topological polar surface area (TPSA) is 60.8 Å². The van der Waals surface area contributed by atoms with Crippen molar-refractivity contribution in [1.82, 2.24) is 4.90 Å². The molecule has 0 heterocycles. The summed E-state index contributed by atoms with van der Waals surface area (Å²) in [5, 5.41) is 18.4. The lowest BCUT2D eigenvalue weighted by Crippen LogP contribution is -2.42. The van der Waals surface area contributed by atoms with Crippen molar-refractivity contribution in [3.8, 4) is 5.75 Å². The van der Waals surface area contributed by atoms with E-state index in [0.29, 0.717) is 19.5 Å². The van der Waals surface area contributed by atoms with E-state index in [1.807, 2.05) is 18.7 Å². The third-order valence-corrected chi connectivity index (χ3v) is 2.90. The van der Waals surface area contributed by atoms with Gasteiger partial charge < -0.3 is 10.2 Å². The zero-order valence-corrected chi connectivity index (χ0v) is 10.3. The Balaban J connectivity index is 2.79. The molecule has 17 heavy (non-hydrogen) atoms. The highest BCUT2D eigenvalue weighted by molar-refractivity contribution is 5.74. The Morgan fingerprint density at radius 2 is 1.76 bits per heavy atom. The maximum absolute atomic E-state index is 11.2. The average molecular weight is 237 g/mol. The number of phenols is 1. The molecule has 0 radical (unpaired) electrons. The molecule has 0 amide bonds. The fourth-order valence-electron chi connectivity index (χ4n) is 1.89. The summed E-state index contributed by atoms with van der Waals surface area (Å²) in [7, 11) is 0. The van der Waals surface area contributed by atoms with Gasteiger partial charge in [-0.2, -0.15) is 0 Å². The number of nitrogens with zero attached hydrogens (tertiary/aromatic N) is 1. The summed E-state index contributed by atoms with van der Waals surface area (Å²) in [4.78, 5) is 13.2. The van der Waals surface area contributed by atoms with Crippen LogP contribution in [-0.2, 0) is 11.2 Å². The van der Waals surface area contributed by atoms with Crippen molar-refractivity contribution in [2.45, 2.75) is 26.3 Å². The number of benzene rings is 1. The molecule has 4 heteroatoms. The lowest BCUT2D eigenvalue weighted by atomic mass is 10.0. The summed E-state index contributed by atoms with van der Waals surface area (Å²) in [5.41, 5.74) is 0.919. The van der Waals surface area contributed by atoms with E-state index in [1.165, 1.54) is 0 Å². The molecule has 0 unspecified atom stereocenters. The smallest absolute Gasteiger partial charge is 0.321 e. The van der Waals surface area contributed by atoms with Crippen LogP contribution >= 0.6 is 0 Å². The maximum atomic E-state index is 11.2. The van der Waals surface area contributed by atoms with E-state index in [4.69, 9.17) is 0 Å². The number of rotatable bonds is 6. The van der Waals surface area contributed by atoms with E-state index in [-0.39, 0.29) is 5.75 Å². The van der Waals surface area contributed by atoms with Crippen molar-refractivity contribution >= 4 is 5.97 Å². The van der Waals surface area contributed by atoms with Crippen LogP contribution in [0.15, 0.2) is 24.3 Å². The number of carboxylic acids is 1. The Labute approximate surface area is 101 Å². The maximum Gasteiger partial charge on any atom is 0.321 e. The van der Waals surface area contributed by atoms with E-state index in [2.05, 4.69) is 0 Å². The van der Waals surface area contributed by atoms with Crippen LogP contribution in [-0.4, -0.2) is 40.2 Å². The highest BCUT2D eigenvalue weighted by atomic mass is 16.4. The molecule has 0 saturated heterocycles. The molecule has 94 valence electrons. The first-order chi connectivity index (χ1) is 8.08. The number of hydrogen-bond donors (Lipinski definition) is 2. The zero-order chi connectivity index (χ0) is 12.8. The van der Waals surface area contributed by atoms with Gasteiger partial charge in [0.05, 0.1) is 0 Å². The van der Waals surface area contributed by atoms with Gasteiger partial charge >= 0.3 is 5.97 Å². The first kappa shape index (κ1) is 13.5. The monoisotopic (exact) mass is 237 g/mol. The molecule has 2 N–H and O–H groups in total. The first-order valence-corrected chi connectivity index (χ1v) is 5.83. The van der Waals surface area contributed by atoms with E-state index in [9.17, 15) is 15.0 Å². The van der Waals surface area contributed by atoms with Crippen LogP contribution in [0.1, 0.15) is 19.4 Å². The van der Waals surface area contributed by atoms with Crippen molar-refractivity contribution in [1.29, 1.82) is 0 Å². The van der Waals surface area contributed by atoms with Gasteiger partial charge in [-0.05, 0) is 37.2 Å². The predicted octanol–water partition coefficient (Wildman–Crippen LogP) is 1.73.